The zero-order valence-electron chi connectivity index (χ0n) is 13.4. The lowest BCUT2D eigenvalue weighted by atomic mass is 9.86. The molecule has 1 aromatic carbocycles. The van der Waals surface area contributed by atoms with Gasteiger partial charge in [0.1, 0.15) is 12.4 Å². The lowest BCUT2D eigenvalue weighted by molar-refractivity contribution is 0.299. The van der Waals surface area contributed by atoms with E-state index in [-0.39, 0.29) is 0 Å². The molecular weight excluding hydrogens is 272 g/mol. The number of aromatic nitrogens is 1. The molecule has 0 atom stereocenters. The van der Waals surface area contributed by atoms with E-state index >= 15 is 0 Å². The molecule has 1 aromatic heterocycles. The number of ether oxygens (including phenoxy) is 1. The summed E-state index contributed by atoms with van der Waals surface area (Å²) in [6.07, 6.45) is 4.26. The largest absolute Gasteiger partial charge is 0.487 e. The predicted octanol–water partition coefficient (Wildman–Crippen LogP) is 3.74. The molecule has 1 fully saturated rings. The number of hydrogen-bond acceptors (Lipinski definition) is 3. The number of aryl methyl sites for hydroxylation is 2. The molecule has 0 unspecified atom stereocenters. The minimum absolute atomic E-state index is 0.522. The van der Waals surface area contributed by atoms with Gasteiger partial charge >= 0.3 is 0 Å². The smallest absolute Gasteiger partial charge is 0.130 e. The van der Waals surface area contributed by atoms with E-state index in [1.807, 2.05) is 18.2 Å². The van der Waals surface area contributed by atoms with Crippen LogP contribution in [0.3, 0.4) is 0 Å². The summed E-state index contributed by atoms with van der Waals surface area (Å²) in [5.74, 6) is 1.66. The van der Waals surface area contributed by atoms with Crippen molar-refractivity contribution in [2.24, 2.45) is 0 Å². The first-order valence-electron chi connectivity index (χ1n) is 8.08. The number of rotatable bonds is 4. The van der Waals surface area contributed by atoms with Gasteiger partial charge in [-0.1, -0.05) is 12.1 Å². The first-order chi connectivity index (χ1) is 10.7. The maximum absolute atomic E-state index is 5.97. The highest BCUT2D eigenvalue weighted by Gasteiger charge is 2.18. The molecule has 1 saturated heterocycles. The molecule has 3 nitrogen and oxygen atoms in total. The van der Waals surface area contributed by atoms with E-state index in [1.165, 1.54) is 29.5 Å². The normalized spacial score (nSPS) is 15.7. The second-order valence-electron chi connectivity index (χ2n) is 6.11. The third-order valence-corrected chi connectivity index (χ3v) is 4.44. The SMILES string of the molecule is Cc1cc(C2CCNCC2)c(C)cc1OCc1ccccn1. The first kappa shape index (κ1) is 15.0. The Kier molecular flexibility index (Phi) is 4.74. The van der Waals surface area contributed by atoms with Crippen LogP contribution < -0.4 is 10.1 Å². The van der Waals surface area contributed by atoms with Crippen LogP contribution in [-0.4, -0.2) is 18.1 Å². The van der Waals surface area contributed by atoms with Gasteiger partial charge in [-0.25, -0.2) is 0 Å². The van der Waals surface area contributed by atoms with Crippen molar-refractivity contribution in [1.29, 1.82) is 0 Å². The van der Waals surface area contributed by atoms with Gasteiger partial charge in [0.25, 0.3) is 0 Å². The third-order valence-electron chi connectivity index (χ3n) is 4.44. The molecule has 1 N–H and O–H groups in total. The molecule has 2 heterocycles. The van der Waals surface area contributed by atoms with Crippen LogP contribution in [0.2, 0.25) is 0 Å². The topological polar surface area (TPSA) is 34.1 Å². The van der Waals surface area contributed by atoms with Crippen molar-refractivity contribution in [2.75, 3.05) is 13.1 Å². The Hall–Kier alpha value is -1.87. The summed E-state index contributed by atoms with van der Waals surface area (Å²) in [7, 11) is 0. The maximum Gasteiger partial charge on any atom is 0.130 e. The van der Waals surface area contributed by atoms with Gasteiger partial charge in [0.15, 0.2) is 0 Å². The Bertz CT molecular complexity index is 619. The fourth-order valence-corrected chi connectivity index (χ4v) is 3.18. The molecule has 22 heavy (non-hydrogen) atoms. The zero-order chi connectivity index (χ0) is 15.4. The van der Waals surface area contributed by atoms with Crippen LogP contribution in [0.4, 0.5) is 0 Å². The number of pyridine rings is 1. The van der Waals surface area contributed by atoms with Gasteiger partial charge in [0, 0.05) is 6.20 Å². The molecule has 2 aromatic rings. The summed E-state index contributed by atoms with van der Waals surface area (Å²) < 4.78 is 5.97. The van der Waals surface area contributed by atoms with Crippen LogP contribution in [0.25, 0.3) is 0 Å². The van der Waals surface area contributed by atoms with Crippen molar-refractivity contribution in [1.82, 2.24) is 10.3 Å². The Morgan fingerprint density at radius 3 is 2.68 bits per heavy atom. The molecule has 3 heteroatoms. The molecule has 0 spiro atoms. The minimum atomic E-state index is 0.522. The van der Waals surface area contributed by atoms with Gasteiger partial charge in [0.05, 0.1) is 5.69 Å². The number of benzene rings is 1. The maximum atomic E-state index is 5.97. The Morgan fingerprint density at radius 1 is 1.14 bits per heavy atom. The Labute approximate surface area is 132 Å². The second kappa shape index (κ2) is 6.93. The number of nitrogens with zero attached hydrogens (tertiary/aromatic N) is 1. The monoisotopic (exact) mass is 296 g/mol. The van der Waals surface area contributed by atoms with Crippen LogP contribution in [0.5, 0.6) is 5.75 Å². The van der Waals surface area contributed by atoms with Crippen molar-refractivity contribution in [3.8, 4) is 5.75 Å². The summed E-state index contributed by atoms with van der Waals surface area (Å²) in [5.41, 5.74) is 5.01. The van der Waals surface area contributed by atoms with E-state index in [0.717, 1.165) is 24.5 Å². The highest BCUT2D eigenvalue weighted by molar-refractivity contribution is 5.43. The fourth-order valence-electron chi connectivity index (χ4n) is 3.18. The van der Waals surface area contributed by atoms with Crippen molar-refractivity contribution < 1.29 is 4.74 Å². The lowest BCUT2D eigenvalue weighted by Crippen LogP contribution is -2.27. The zero-order valence-corrected chi connectivity index (χ0v) is 13.4. The molecule has 1 aliphatic rings. The molecule has 1 aliphatic heterocycles. The van der Waals surface area contributed by atoms with E-state index < -0.39 is 0 Å². The molecule has 3 rings (SSSR count). The molecule has 0 saturated carbocycles. The standard InChI is InChI=1S/C19H24N2O/c1-14-12-19(22-13-17-5-3-4-8-21-17)15(2)11-18(14)16-6-9-20-10-7-16/h3-5,8,11-12,16,20H,6-7,9-10,13H2,1-2H3. The van der Waals surface area contributed by atoms with Crippen LogP contribution in [0.1, 0.15) is 41.1 Å². The van der Waals surface area contributed by atoms with E-state index in [9.17, 15) is 0 Å². The molecule has 0 aliphatic carbocycles. The van der Waals surface area contributed by atoms with Gasteiger partial charge in [-0.15, -0.1) is 0 Å². The van der Waals surface area contributed by atoms with Gasteiger partial charge in [0.2, 0.25) is 0 Å². The summed E-state index contributed by atoms with van der Waals surface area (Å²) in [6.45, 7) is 7.11. The summed E-state index contributed by atoms with van der Waals surface area (Å²) in [6, 6.07) is 10.4. The third kappa shape index (κ3) is 3.47. The molecule has 116 valence electrons. The molecular formula is C19H24N2O. The van der Waals surface area contributed by atoms with Crippen LogP contribution in [0.15, 0.2) is 36.5 Å². The molecule has 0 bridgehead atoms. The highest BCUT2D eigenvalue weighted by Crippen LogP contribution is 2.32. The number of nitrogens with one attached hydrogen (secondary N) is 1. The quantitative estimate of drug-likeness (QED) is 0.933. The summed E-state index contributed by atoms with van der Waals surface area (Å²) in [5, 5.41) is 3.44. The summed E-state index contributed by atoms with van der Waals surface area (Å²) in [4.78, 5) is 4.30. The Balaban J connectivity index is 1.74. The molecule has 0 radical (unpaired) electrons. The predicted molar refractivity (Wildman–Crippen MR) is 89.3 cm³/mol. The van der Waals surface area contributed by atoms with Crippen molar-refractivity contribution in [3.63, 3.8) is 0 Å². The van der Waals surface area contributed by atoms with Crippen molar-refractivity contribution in [2.45, 2.75) is 39.2 Å². The fraction of sp³-hybridized carbons (Fsp3) is 0.421. The first-order valence-corrected chi connectivity index (χ1v) is 8.08. The Morgan fingerprint density at radius 2 is 1.95 bits per heavy atom. The molecule has 0 amide bonds. The van der Waals surface area contributed by atoms with E-state index in [0.29, 0.717) is 12.5 Å². The van der Waals surface area contributed by atoms with Gasteiger partial charge in [-0.05, 0) is 80.6 Å². The average Bonchev–Trinajstić information content (AvgIpc) is 2.57. The van der Waals surface area contributed by atoms with Gasteiger partial charge < -0.3 is 10.1 Å². The highest BCUT2D eigenvalue weighted by atomic mass is 16.5. The lowest BCUT2D eigenvalue weighted by Gasteiger charge is -2.25. The van der Waals surface area contributed by atoms with Crippen molar-refractivity contribution >= 4 is 0 Å². The number of hydrogen-bond donors (Lipinski definition) is 1. The van der Waals surface area contributed by atoms with Crippen molar-refractivity contribution in [3.05, 3.63) is 58.9 Å². The van der Waals surface area contributed by atoms with E-state index in [4.69, 9.17) is 4.74 Å². The minimum Gasteiger partial charge on any atom is -0.487 e. The van der Waals surface area contributed by atoms with Gasteiger partial charge in [-0.2, -0.15) is 0 Å². The van der Waals surface area contributed by atoms with Crippen LogP contribution in [0, 0.1) is 13.8 Å². The van der Waals surface area contributed by atoms with Gasteiger partial charge in [-0.3, -0.25) is 4.98 Å². The number of piperidine rings is 1. The van der Waals surface area contributed by atoms with Crippen LogP contribution in [-0.2, 0) is 6.61 Å². The summed E-state index contributed by atoms with van der Waals surface area (Å²) >= 11 is 0. The second-order valence-corrected chi connectivity index (χ2v) is 6.11. The van der Waals surface area contributed by atoms with E-state index in [2.05, 4.69) is 36.3 Å². The average molecular weight is 296 g/mol. The van der Waals surface area contributed by atoms with E-state index in [1.54, 1.807) is 6.20 Å². The van der Waals surface area contributed by atoms with Crippen LogP contribution >= 0.6 is 0 Å².